The summed E-state index contributed by atoms with van der Waals surface area (Å²) in [6.45, 7) is 8.60. The van der Waals surface area contributed by atoms with E-state index in [-0.39, 0.29) is 22.6 Å². The van der Waals surface area contributed by atoms with Crippen molar-refractivity contribution in [2.75, 3.05) is 18.5 Å². The second-order valence-corrected chi connectivity index (χ2v) is 7.83. The van der Waals surface area contributed by atoms with Crippen molar-refractivity contribution >= 4 is 21.7 Å². The van der Waals surface area contributed by atoms with E-state index < -0.39 is 16.0 Å². The number of nitrogens with one attached hydrogen (secondary N) is 2. The minimum Gasteiger partial charge on any atom is -0.478 e. The van der Waals surface area contributed by atoms with E-state index in [0.717, 1.165) is 0 Å². The number of carboxylic acids is 1. The first-order chi connectivity index (χ1) is 11.7. The summed E-state index contributed by atoms with van der Waals surface area (Å²) in [5, 5.41) is 12.2. The molecule has 1 atom stereocenters. The molecule has 0 bridgehead atoms. The lowest BCUT2D eigenvalue weighted by atomic mass is 10.2. The van der Waals surface area contributed by atoms with E-state index >= 15 is 0 Å². The van der Waals surface area contributed by atoms with Gasteiger partial charge in [-0.1, -0.05) is 6.92 Å². The van der Waals surface area contributed by atoms with Crippen LogP contribution in [0.15, 0.2) is 23.1 Å². The normalized spacial score (nSPS) is 13.0. The molecule has 0 saturated carbocycles. The van der Waals surface area contributed by atoms with Gasteiger partial charge in [0.15, 0.2) is 0 Å². The fraction of sp³-hybridized carbons (Fsp3) is 0.588. The minimum absolute atomic E-state index is 0.0579. The van der Waals surface area contributed by atoms with Crippen LogP contribution in [0.3, 0.4) is 0 Å². The Balaban J connectivity index is 2.98. The fourth-order valence-corrected chi connectivity index (χ4v) is 3.58. The molecule has 0 heterocycles. The number of rotatable bonds is 11. The van der Waals surface area contributed by atoms with Crippen LogP contribution in [0, 0.1) is 0 Å². The van der Waals surface area contributed by atoms with E-state index in [2.05, 4.69) is 10.0 Å². The van der Waals surface area contributed by atoms with E-state index in [0.29, 0.717) is 31.7 Å². The Morgan fingerprint density at radius 2 is 1.96 bits per heavy atom. The van der Waals surface area contributed by atoms with E-state index in [4.69, 9.17) is 9.84 Å². The second-order valence-electron chi connectivity index (χ2n) is 6.15. The molecule has 0 aliphatic rings. The minimum atomic E-state index is -3.82. The molecular weight excluding hydrogens is 344 g/mol. The molecule has 3 N–H and O–H groups in total. The number of hydrogen-bond donors (Lipinski definition) is 3. The molecule has 1 aromatic rings. The molecular formula is C17H28N2O5S. The van der Waals surface area contributed by atoms with Gasteiger partial charge < -0.3 is 15.2 Å². The van der Waals surface area contributed by atoms with Gasteiger partial charge in [0.1, 0.15) is 4.90 Å². The Hall–Kier alpha value is -1.64. The lowest BCUT2D eigenvalue weighted by Gasteiger charge is -2.17. The molecule has 142 valence electrons. The molecule has 1 rings (SSSR count). The standard InChI is InChI=1S/C17H28N2O5S/c1-5-13(4)19-25(22,23)16-11-14(17(20)21)7-8-15(16)18-9-6-10-24-12(2)3/h7-8,11-13,18-19H,5-6,9-10H2,1-4H3,(H,20,21). The smallest absolute Gasteiger partial charge is 0.335 e. The molecule has 0 aromatic heterocycles. The van der Waals surface area contributed by atoms with Crippen molar-refractivity contribution < 1.29 is 23.1 Å². The van der Waals surface area contributed by atoms with Crippen molar-refractivity contribution in [1.82, 2.24) is 4.72 Å². The average Bonchev–Trinajstić information content (AvgIpc) is 2.53. The van der Waals surface area contributed by atoms with Crippen LogP contribution in [0.1, 0.15) is 50.9 Å². The number of hydrogen-bond acceptors (Lipinski definition) is 5. The van der Waals surface area contributed by atoms with Gasteiger partial charge >= 0.3 is 5.97 Å². The highest BCUT2D eigenvalue weighted by Gasteiger charge is 2.22. The number of ether oxygens (including phenoxy) is 1. The lowest BCUT2D eigenvalue weighted by Crippen LogP contribution is -2.32. The van der Waals surface area contributed by atoms with Crippen LogP contribution in [0.5, 0.6) is 0 Å². The van der Waals surface area contributed by atoms with E-state index in [1.165, 1.54) is 18.2 Å². The van der Waals surface area contributed by atoms with Gasteiger partial charge in [0.05, 0.1) is 17.4 Å². The van der Waals surface area contributed by atoms with Crippen LogP contribution in [-0.2, 0) is 14.8 Å². The first-order valence-electron chi connectivity index (χ1n) is 8.42. The van der Waals surface area contributed by atoms with Crippen molar-refractivity contribution in [3.63, 3.8) is 0 Å². The van der Waals surface area contributed by atoms with Crippen LogP contribution < -0.4 is 10.0 Å². The highest BCUT2D eigenvalue weighted by molar-refractivity contribution is 7.89. The maximum atomic E-state index is 12.6. The van der Waals surface area contributed by atoms with Gasteiger partial charge in [-0.15, -0.1) is 0 Å². The number of carboxylic acid groups (broad SMARTS) is 1. The summed E-state index contributed by atoms with van der Waals surface area (Å²) in [5.74, 6) is -1.17. The molecule has 1 unspecified atom stereocenters. The molecule has 0 saturated heterocycles. The predicted molar refractivity (Wildman–Crippen MR) is 97.7 cm³/mol. The number of benzene rings is 1. The zero-order chi connectivity index (χ0) is 19.0. The summed E-state index contributed by atoms with van der Waals surface area (Å²) in [7, 11) is -3.82. The number of sulfonamides is 1. The molecule has 0 aliphatic carbocycles. The fourth-order valence-electron chi connectivity index (χ4n) is 2.05. The first-order valence-corrected chi connectivity index (χ1v) is 9.90. The molecule has 7 nitrogen and oxygen atoms in total. The van der Waals surface area contributed by atoms with E-state index in [1.807, 2.05) is 20.8 Å². The van der Waals surface area contributed by atoms with Crippen molar-refractivity contribution in [2.45, 2.75) is 57.6 Å². The Kier molecular flexibility index (Phi) is 8.34. The zero-order valence-electron chi connectivity index (χ0n) is 15.2. The zero-order valence-corrected chi connectivity index (χ0v) is 16.0. The number of carbonyl (C=O) groups is 1. The largest absolute Gasteiger partial charge is 0.478 e. The van der Waals surface area contributed by atoms with Gasteiger partial charge in [0, 0.05) is 19.2 Å². The topological polar surface area (TPSA) is 105 Å². The van der Waals surface area contributed by atoms with Crippen molar-refractivity contribution in [2.24, 2.45) is 0 Å². The molecule has 0 fully saturated rings. The second kappa shape index (κ2) is 9.74. The van der Waals surface area contributed by atoms with Crippen molar-refractivity contribution in [1.29, 1.82) is 0 Å². The van der Waals surface area contributed by atoms with Crippen LogP contribution in [0.2, 0.25) is 0 Å². The lowest BCUT2D eigenvalue weighted by molar-refractivity contribution is 0.0696. The van der Waals surface area contributed by atoms with Gasteiger partial charge in [0.2, 0.25) is 10.0 Å². The summed E-state index contributed by atoms with van der Waals surface area (Å²) in [5.41, 5.74) is 0.309. The monoisotopic (exact) mass is 372 g/mol. The van der Waals surface area contributed by atoms with E-state index in [9.17, 15) is 13.2 Å². The molecule has 25 heavy (non-hydrogen) atoms. The summed E-state index contributed by atoms with van der Waals surface area (Å²) in [4.78, 5) is 11.1. The van der Waals surface area contributed by atoms with Gasteiger partial charge in [-0.2, -0.15) is 0 Å². The first kappa shape index (κ1) is 21.4. The number of anilines is 1. The van der Waals surface area contributed by atoms with Crippen LogP contribution in [0.25, 0.3) is 0 Å². The highest BCUT2D eigenvalue weighted by atomic mass is 32.2. The van der Waals surface area contributed by atoms with Crippen molar-refractivity contribution in [3.05, 3.63) is 23.8 Å². The Bertz CT molecular complexity index is 674. The molecule has 0 amide bonds. The van der Waals surface area contributed by atoms with Crippen LogP contribution >= 0.6 is 0 Å². The Labute approximate surface area is 149 Å². The van der Waals surface area contributed by atoms with Gasteiger partial charge in [-0.05, 0) is 51.8 Å². The van der Waals surface area contributed by atoms with Crippen molar-refractivity contribution in [3.8, 4) is 0 Å². The maximum Gasteiger partial charge on any atom is 0.335 e. The third kappa shape index (κ3) is 7.01. The van der Waals surface area contributed by atoms with E-state index in [1.54, 1.807) is 6.92 Å². The van der Waals surface area contributed by atoms with Gasteiger partial charge in [-0.25, -0.2) is 17.9 Å². The maximum absolute atomic E-state index is 12.6. The predicted octanol–water partition coefficient (Wildman–Crippen LogP) is 2.69. The average molecular weight is 372 g/mol. The third-order valence-electron chi connectivity index (χ3n) is 3.57. The van der Waals surface area contributed by atoms with Crippen LogP contribution in [-0.4, -0.2) is 44.8 Å². The number of aromatic carboxylic acids is 1. The molecule has 1 aromatic carbocycles. The van der Waals surface area contributed by atoms with Crippen LogP contribution in [0.4, 0.5) is 5.69 Å². The molecule has 0 radical (unpaired) electrons. The molecule has 0 aliphatic heterocycles. The van der Waals surface area contributed by atoms with Gasteiger partial charge in [0.25, 0.3) is 0 Å². The summed E-state index contributed by atoms with van der Waals surface area (Å²) >= 11 is 0. The molecule has 8 heteroatoms. The quantitative estimate of drug-likeness (QED) is 0.516. The Morgan fingerprint density at radius 1 is 1.28 bits per heavy atom. The Morgan fingerprint density at radius 3 is 2.52 bits per heavy atom. The third-order valence-corrected chi connectivity index (χ3v) is 5.20. The summed E-state index contributed by atoms with van der Waals surface area (Å²) < 4.78 is 33.2. The highest BCUT2D eigenvalue weighted by Crippen LogP contribution is 2.23. The SMILES string of the molecule is CCC(C)NS(=O)(=O)c1cc(C(=O)O)ccc1NCCCOC(C)C. The molecule has 0 spiro atoms. The summed E-state index contributed by atoms with van der Waals surface area (Å²) in [6, 6.07) is 3.81. The summed E-state index contributed by atoms with van der Waals surface area (Å²) in [6.07, 6.45) is 1.48. The van der Waals surface area contributed by atoms with Gasteiger partial charge in [-0.3, -0.25) is 0 Å².